The third-order valence-electron chi connectivity index (χ3n) is 7.14. The van der Waals surface area contributed by atoms with Crippen LogP contribution in [0.3, 0.4) is 0 Å². The summed E-state index contributed by atoms with van der Waals surface area (Å²) in [7, 11) is 0. The summed E-state index contributed by atoms with van der Waals surface area (Å²) < 4.78 is 13.0. The number of piperidine rings is 1. The maximum absolute atomic E-state index is 13.4. The Bertz CT molecular complexity index is 1220. The van der Waals surface area contributed by atoms with Gasteiger partial charge in [0.1, 0.15) is 21.8 Å². The van der Waals surface area contributed by atoms with E-state index in [2.05, 4.69) is 11.0 Å². The monoisotopic (exact) mass is 544 g/mol. The second-order valence-electron chi connectivity index (χ2n) is 9.34. The summed E-state index contributed by atoms with van der Waals surface area (Å²) in [6.45, 7) is 8.32. The Morgan fingerprint density at radius 1 is 1.27 bits per heavy atom. The van der Waals surface area contributed by atoms with Crippen LogP contribution in [0.2, 0.25) is 0 Å². The molecule has 3 saturated heterocycles. The standard InChI is InChI=1S/C26H32N4O5S2/c1-4-29-22(28-10-8-17(9-11-28)25(33)34-5-2)19(16(3)20(14-27)23(29)31)13-21-24(32)30(26(36)37-21)15-18-7-6-12-35-18/h13,17-18H,4-12,15H2,1-3H3. The number of hydrogen-bond acceptors (Lipinski definition) is 9. The molecule has 3 aliphatic heterocycles. The summed E-state index contributed by atoms with van der Waals surface area (Å²) in [5.74, 6) is 0.0940. The van der Waals surface area contributed by atoms with Crippen LogP contribution < -0.4 is 10.5 Å². The SMILES string of the molecule is CCOC(=O)C1CCN(c2c(C=C3SC(=S)N(CC4CCCO4)C3=O)c(C)c(C#N)c(=O)n2CC)CC1. The Labute approximate surface area is 226 Å². The molecule has 4 heterocycles. The zero-order valence-electron chi connectivity index (χ0n) is 21.4. The number of anilines is 1. The van der Waals surface area contributed by atoms with Gasteiger partial charge in [-0.15, -0.1) is 0 Å². The molecule has 11 heteroatoms. The minimum atomic E-state index is -0.354. The van der Waals surface area contributed by atoms with Gasteiger partial charge in [-0.1, -0.05) is 24.0 Å². The molecule has 37 heavy (non-hydrogen) atoms. The molecule has 0 bridgehead atoms. The fourth-order valence-electron chi connectivity index (χ4n) is 5.15. The molecule has 1 atom stereocenters. The van der Waals surface area contributed by atoms with E-state index in [1.165, 1.54) is 11.8 Å². The number of thiocarbonyl (C=S) groups is 1. The Hall–Kier alpha value is -2.68. The third kappa shape index (κ3) is 5.47. The van der Waals surface area contributed by atoms with E-state index in [1.807, 2.05) is 6.92 Å². The van der Waals surface area contributed by atoms with Gasteiger partial charge in [0.2, 0.25) is 0 Å². The van der Waals surface area contributed by atoms with Gasteiger partial charge in [-0.25, -0.2) is 0 Å². The van der Waals surface area contributed by atoms with E-state index in [4.69, 9.17) is 21.7 Å². The van der Waals surface area contributed by atoms with Gasteiger partial charge >= 0.3 is 5.97 Å². The molecule has 0 radical (unpaired) electrons. The van der Waals surface area contributed by atoms with Crippen molar-refractivity contribution in [2.45, 2.75) is 59.1 Å². The lowest BCUT2D eigenvalue weighted by atomic mass is 9.95. The molecule has 198 valence electrons. The van der Waals surface area contributed by atoms with Crippen LogP contribution in [0.5, 0.6) is 0 Å². The van der Waals surface area contributed by atoms with E-state index >= 15 is 0 Å². The van der Waals surface area contributed by atoms with Crippen molar-refractivity contribution in [3.05, 3.63) is 31.9 Å². The maximum Gasteiger partial charge on any atom is 0.309 e. The third-order valence-corrected chi connectivity index (χ3v) is 8.51. The highest BCUT2D eigenvalue weighted by molar-refractivity contribution is 8.26. The summed E-state index contributed by atoms with van der Waals surface area (Å²) >= 11 is 6.75. The highest BCUT2D eigenvalue weighted by Crippen LogP contribution is 2.37. The molecule has 1 amide bonds. The molecular formula is C26H32N4O5S2. The zero-order chi connectivity index (χ0) is 26.7. The first-order chi connectivity index (χ1) is 17.8. The van der Waals surface area contributed by atoms with Crippen LogP contribution in [0.1, 0.15) is 56.2 Å². The van der Waals surface area contributed by atoms with Crippen molar-refractivity contribution in [3.63, 3.8) is 0 Å². The van der Waals surface area contributed by atoms with Crippen LogP contribution in [0, 0.1) is 24.2 Å². The first kappa shape index (κ1) is 27.4. The lowest BCUT2D eigenvalue weighted by molar-refractivity contribution is -0.148. The zero-order valence-corrected chi connectivity index (χ0v) is 23.1. The van der Waals surface area contributed by atoms with E-state index in [-0.39, 0.29) is 35.0 Å². The molecule has 1 unspecified atom stereocenters. The van der Waals surface area contributed by atoms with Crippen LogP contribution in [-0.4, -0.2) is 64.6 Å². The number of nitriles is 1. The average molecular weight is 545 g/mol. The fourth-order valence-corrected chi connectivity index (χ4v) is 6.40. The maximum atomic E-state index is 13.4. The van der Waals surface area contributed by atoms with Crippen LogP contribution >= 0.6 is 24.0 Å². The minimum absolute atomic E-state index is 0.0213. The molecule has 0 N–H and O–H groups in total. The van der Waals surface area contributed by atoms with Crippen molar-refractivity contribution in [2.75, 3.05) is 37.7 Å². The number of carbonyl (C=O) groups is 2. The van der Waals surface area contributed by atoms with Crippen molar-refractivity contribution < 1.29 is 19.1 Å². The van der Waals surface area contributed by atoms with Gasteiger partial charge in [-0.05, 0) is 58.1 Å². The van der Waals surface area contributed by atoms with Crippen molar-refractivity contribution in [3.8, 4) is 6.07 Å². The van der Waals surface area contributed by atoms with Crippen molar-refractivity contribution in [1.82, 2.24) is 9.47 Å². The largest absolute Gasteiger partial charge is 0.466 e. The molecule has 0 saturated carbocycles. The summed E-state index contributed by atoms with van der Waals surface area (Å²) in [5.41, 5.74) is 0.899. The molecule has 1 aromatic rings. The normalized spacial score (nSPS) is 21.7. The van der Waals surface area contributed by atoms with Crippen LogP contribution in [0.15, 0.2) is 9.70 Å². The van der Waals surface area contributed by atoms with Gasteiger partial charge in [0.05, 0.1) is 30.1 Å². The first-order valence-electron chi connectivity index (χ1n) is 12.8. The number of hydrogen-bond donors (Lipinski definition) is 0. The average Bonchev–Trinajstić information content (AvgIpc) is 3.50. The van der Waals surface area contributed by atoms with Gasteiger partial charge in [0, 0.05) is 31.8 Å². The Balaban J connectivity index is 1.72. The molecule has 9 nitrogen and oxygen atoms in total. The number of aromatic nitrogens is 1. The highest BCUT2D eigenvalue weighted by atomic mass is 32.2. The van der Waals surface area contributed by atoms with Crippen molar-refractivity contribution in [2.24, 2.45) is 5.92 Å². The molecule has 1 aromatic heterocycles. The lowest BCUT2D eigenvalue weighted by Crippen LogP contribution is -2.41. The first-order valence-corrected chi connectivity index (χ1v) is 14.0. The quantitative estimate of drug-likeness (QED) is 0.291. The van der Waals surface area contributed by atoms with Crippen LogP contribution in [-0.2, 0) is 25.6 Å². The molecule has 3 fully saturated rings. The number of ether oxygens (including phenoxy) is 2. The number of rotatable bonds is 7. The van der Waals surface area contributed by atoms with Gasteiger partial charge in [0.15, 0.2) is 0 Å². The summed E-state index contributed by atoms with van der Waals surface area (Å²) in [6, 6.07) is 2.06. The molecule has 0 spiro atoms. The molecule has 0 aromatic carbocycles. The number of carbonyl (C=O) groups excluding carboxylic acids is 2. The summed E-state index contributed by atoms with van der Waals surface area (Å²) in [5, 5.41) is 9.78. The Morgan fingerprint density at radius 2 is 2.00 bits per heavy atom. The lowest BCUT2D eigenvalue weighted by Gasteiger charge is -2.35. The second kappa shape index (κ2) is 11.8. The number of esters is 1. The van der Waals surface area contributed by atoms with E-state index in [0.29, 0.717) is 78.4 Å². The predicted octanol–water partition coefficient (Wildman–Crippen LogP) is 3.21. The van der Waals surface area contributed by atoms with Crippen molar-refractivity contribution in [1.29, 1.82) is 5.26 Å². The number of amides is 1. The second-order valence-corrected chi connectivity index (χ2v) is 11.0. The summed E-state index contributed by atoms with van der Waals surface area (Å²) in [4.78, 5) is 43.0. The topological polar surface area (TPSA) is 105 Å². The predicted molar refractivity (Wildman–Crippen MR) is 146 cm³/mol. The van der Waals surface area contributed by atoms with E-state index in [9.17, 15) is 19.6 Å². The molecule has 3 aliphatic rings. The molecule has 4 rings (SSSR count). The van der Waals surface area contributed by atoms with Gasteiger partial charge < -0.3 is 14.4 Å². The van der Waals surface area contributed by atoms with E-state index in [0.717, 1.165) is 12.8 Å². The Morgan fingerprint density at radius 3 is 2.59 bits per heavy atom. The summed E-state index contributed by atoms with van der Waals surface area (Å²) in [6.07, 6.45) is 4.81. The number of pyridine rings is 1. The molecule has 0 aliphatic carbocycles. The highest BCUT2D eigenvalue weighted by Gasteiger charge is 2.36. The van der Waals surface area contributed by atoms with Crippen LogP contribution in [0.25, 0.3) is 6.08 Å². The van der Waals surface area contributed by atoms with Gasteiger partial charge in [-0.3, -0.25) is 23.9 Å². The van der Waals surface area contributed by atoms with Crippen LogP contribution in [0.4, 0.5) is 5.82 Å². The van der Waals surface area contributed by atoms with Gasteiger partial charge in [0.25, 0.3) is 11.5 Å². The van der Waals surface area contributed by atoms with E-state index in [1.54, 1.807) is 29.4 Å². The van der Waals surface area contributed by atoms with Crippen molar-refractivity contribution >= 4 is 52.1 Å². The smallest absolute Gasteiger partial charge is 0.309 e. The fraction of sp³-hybridized carbons (Fsp3) is 0.577. The number of nitrogens with zero attached hydrogens (tertiary/aromatic N) is 4. The van der Waals surface area contributed by atoms with E-state index < -0.39 is 0 Å². The van der Waals surface area contributed by atoms with Gasteiger partial charge in [-0.2, -0.15) is 5.26 Å². The molecular weight excluding hydrogens is 512 g/mol. The Kier molecular flexibility index (Phi) is 8.72. The number of thioether (sulfide) groups is 1. The minimum Gasteiger partial charge on any atom is -0.466 e.